The maximum atomic E-state index is 5.32. The summed E-state index contributed by atoms with van der Waals surface area (Å²) in [5, 5.41) is 15.0. The van der Waals surface area contributed by atoms with Crippen LogP contribution in [-0.2, 0) is 0 Å². The summed E-state index contributed by atoms with van der Waals surface area (Å²) in [4.78, 5) is 4.68. The predicted octanol–water partition coefficient (Wildman–Crippen LogP) is 2.48. The molecule has 0 spiro atoms. The molecule has 5 aromatic rings. The first kappa shape index (κ1) is 17.8. The summed E-state index contributed by atoms with van der Waals surface area (Å²) < 4.78 is 14.1. The number of hydrogen-bond donors (Lipinski definition) is 1. The highest BCUT2D eigenvalue weighted by atomic mass is 16.5. The van der Waals surface area contributed by atoms with Crippen LogP contribution in [0.5, 0.6) is 11.5 Å². The van der Waals surface area contributed by atoms with E-state index in [1.807, 2.05) is 59.2 Å². The van der Waals surface area contributed by atoms with E-state index in [2.05, 4.69) is 25.6 Å². The first-order chi connectivity index (χ1) is 14.8. The highest BCUT2D eigenvalue weighted by Gasteiger charge is 2.19. The second-order valence-electron chi connectivity index (χ2n) is 6.54. The third kappa shape index (κ3) is 2.93. The summed E-state index contributed by atoms with van der Waals surface area (Å²) in [6.07, 6.45) is 5.16. The molecule has 0 radical (unpaired) electrons. The van der Waals surface area contributed by atoms with Gasteiger partial charge in [0.15, 0.2) is 16.5 Å². The fraction of sp³-hybridized carbons (Fsp3) is 0.0952. The van der Waals surface area contributed by atoms with Gasteiger partial charge in [-0.1, -0.05) is 17.3 Å². The number of aromatic amines is 1. The Morgan fingerprint density at radius 1 is 0.867 bits per heavy atom. The minimum Gasteiger partial charge on any atom is -0.497 e. The van der Waals surface area contributed by atoms with Gasteiger partial charge in [-0.3, -0.25) is 0 Å². The van der Waals surface area contributed by atoms with Crippen molar-refractivity contribution in [1.82, 2.24) is 30.1 Å². The summed E-state index contributed by atoms with van der Waals surface area (Å²) in [5.74, 6) is 1.58. The van der Waals surface area contributed by atoms with Gasteiger partial charge in [-0.25, -0.2) is 9.50 Å². The lowest BCUT2D eigenvalue weighted by Crippen LogP contribution is -2.31. The Bertz CT molecular complexity index is 1290. The molecule has 0 aliphatic rings. The zero-order valence-electron chi connectivity index (χ0n) is 16.4. The zero-order chi connectivity index (χ0) is 20.5. The number of hydrogen-bond acceptors (Lipinski definition) is 6. The van der Waals surface area contributed by atoms with Gasteiger partial charge in [-0.15, -0.1) is 4.68 Å². The monoisotopic (exact) mass is 400 g/mol. The lowest BCUT2D eigenvalue weighted by atomic mass is 10.0. The first-order valence-electron chi connectivity index (χ1n) is 9.22. The number of ether oxygens (including phenoxy) is 2. The van der Waals surface area contributed by atoms with Crippen LogP contribution in [0.15, 0.2) is 67.3 Å². The summed E-state index contributed by atoms with van der Waals surface area (Å²) >= 11 is 0. The third-order valence-corrected chi connectivity index (χ3v) is 4.91. The molecule has 0 unspecified atom stereocenters. The number of aromatic nitrogens is 7. The molecule has 9 nitrogen and oxygen atoms in total. The van der Waals surface area contributed by atoms with Crippen molar-refractivity contribution in [3.8, 4) is 39.6 Å². The molecule has 0 aliphatic carbocycles. The Kier molecular flexibility index (Phi) is 4.32. The van der Waals surface area contributed by atoms with Crippen molar-refractivity contribution in [2.24, 2.45) is 0 Å². The zero-order valence-corrected chi connectivity index (χ0v) is 16.4. The van der Waals surface area contributed by atoms with Gasteiger partial charge >= 0.3 is 0 Å². The minimum absolute atomic E-state index is 0.675. The highest BCUT2D eigenvalue weighted by molar-refractivity contribution is 5.83. The summed E-state index contributed by atoms with van der Waals surface area (Å²) in [6.45, 7) is 0. The second kappa shape index (κ2) is 7.28. The van der Waals surface area contributed by atoms with Gasteiger partial charge < -0.3 is 9.47 Å². The van der Waals surface area contributed by atoms with E-state index in [-0.39, 0.29) is 0 Å². The van der Waals surface area contributed by atoms with Crippen molar-refractivity contribution < 1.29 is 14.2 Å². The molecular formula is C21H18N7O2+. The minimum atomic E-state index is 0.675. The van der Waals surface area contributed by atoms with E-state index in [0.717, 1.165) is 39.6 Å². The van der Waals surface area contributed by atoms with Crippen molar-refractivity contribution in [1.29, 1.82) is 0 Å². The van der Waals surface area contributed by atoms with Gasteiger partial charge in [0.25, 0.3) is 6.33 Å². The topological polar surface area (TPSA) is 94.1 Å². The molecule has 0 atom stereocenters. The Labute approximate surface area is 171 Å². The molecule has 30 heavy (non-hydrogen) atoms. The molecule has 0 saturated carbocycles. The lowest BCUT2D eigenvalue weighted by Gasteiger charge is -2.13. The summed E-state index contributed by atoms with van der Waals surface area (Å²) in [7, 11) is 3.30. The number of nitrogens with zero attached hydrogens (tertiary/aromatic N) is 6. The molecule has 3 aromatic heterocycles. The molecule has 9 heteroatoms. The average Bonchev–Trinajstić information content (AvgIpc) is 3.48. The van der Waals surface area contributed by atoms with Crippen LogP contribution in [0.3, 0.4) is 0 Å². The number of fused-ring (bicyclic) bond motifs is 1. The van der Waals surface area contributed by atoms with Gasteiger partial charge in [0.2, 0.25) is 0 Å². The molecule has 0 bridgehead atoms. The van der Waals surface area contributed by atoms with Crippen LogP contribution < -0.4 is 14.2 Å². The van der Waals surface area contributed by atoms with Crippen molar-refractivity contribution in [3.63, 3.8) is 0 Å². The van der Waals surface area contributed by atoms with E-state index < -0.39 is 0 Å². The molecule has 0 amide bonds. The maximum absolute atomic E-state index is 5.32. The van der Waals surface area contributed by atoms with Gasteiger partial charge in [0.1, 0.15) is 16.6 Å². The number of nitrogens with one attached hydrogen (secondary N) is 1. The van der Waals surface area contributed by atoms with Crippen LogP contribution >= 0.6 is 0 Å². The number of rotatable bonds is 5. The lowest BCUT2D eigenvalue weighted by molar-refractivity contribution is -0.659. The standard InChI is InChI=1S/C21H17N7O2/c1-29-16-7-3-14(4-8-16)18-11-22-21-19(27-13-23-25-26-27)12-24-28(21)20(18)15-5-9-17(30-2)10-6-15/h3-13H,1-2H3/p+1. The molecule has 0 aliphatic heterocycles. The Morgan fingerprint density at radius 2 is 1.53 bits per heavy atom. The third-order valence-electron chi connectivity index (χ3n) is 4.91. The quantitative estimate of drug-likeness (QED) is 0.456. The van der Waals surface area contributed by atoms with E-state index in [0.29, 0.717) is 5.65 Å². The SMILES string of the molecule is COc1ccc(-c2cnc3c(-[n+]4cnn[nH]4)cnn3c2-c2ccc(OC)cc2)cc1. The van der Waals surface area contributed by atoms with Gasteiger partial charge in [0, 0.05) is 17.3 Å². The van der Waals surface area contributed by atoms with Gasteiger partial charge in [0.05, 0.1) is 26.1 Å². The van der Waals surface area contributed by atoms with E-state index in [1.54, 1.807) is 31.4 Å². The van der Waals surface area contributed by atoms with Crippen LogP contribution in [0, 0.1) is 0 Å². The van der Waals surface area contributed by atoms with Gasteiger partial charge in [-0.2, -0.15) is 5.10 Å². The van der Waals surface area contributed by atoms with Crippen molar-refractivity contribution in [2.45, 2.75) is 0 Å². The fourth-order valence-corrected chi connectivity index (χ4v) is 3.39. The molecule has 0 saturated heterocycles. The maximum Gasteiger partial charge on any atom is 0.293 e. The van der Waals surface area contributed by atoms with E-state index in [1.165, 1.54) is 0 Å². The van der Waals surface area contributed by atoms with Crippen LogP contribution in [-0.4, -0.2) is 44.3 Å². The Hall–Kier alpha value is -4.27. The predicted molar refractivity (Wildman–Crippen MR) is 108 cm³/mol. The van der Waals surface area contributed by atoms with E-state index >= 15 is 0 Å². The number of H-pyrrole nitrogens is 1. The van der Waals surface area contributed by atoms with Crippen LogP contribution in [0.1, 0.15) is 0 Å². The summed E-state index contributed by atoms with van der Waals surface area (Å²) in [6, 6.07) is 15.7. The molecular weight excluding hydrogens is 382 g/mol. The van der Waals surface area contributed by atoms with Crippen LogP contribution in [0.4, 0.5) is 0 Å². The molecule has 5 rings (SSSR count). The van der Waals surface area contributed by atoms with E-state index in [9.17, 15) is 0 Å². The molecule has 3 heterocycles. The van der Waals surface area contributed by atoms with Crippen molar-refractivity contribution >= 4 is 5.65 Å². The Morgan fingerprint density at radius 3 is 2.13 bits per heavy atom. The molecule has 148 valence electrons. The van der Waals surface area contributed by atoms with Crippen LogP contribution in [0.25, 0.3) is 33.7 Å². The summed E-state index contributed by atoms with van der Waals surface area (Å²) in [5.41, 5.74) is 5.26. The molecule has 1 N–H and O–H groups in total. The number of methoxy groups -OCH3 is 2. The first-order valence-corrected chi connectivity index (χ1v) is 9.22. The van der Waals surface area contributed by atoms with Gasteiger partial charge in [-0.05, 0) is 42.0 Å². The van der Waals surface area contributed by atoms with Crippen molar-refractivity contribution in [2.75, 3.05) is 14.2 Å². The largest absolute Gasteiger partial charge is 0.497 e. The highest BCUT2D eigenvalue weighted by Crippen LogP contribution is 2.34. The Balaban J connectivity index is 1.76. The number of benzene rings is 2. The molecule has 2 aromatic carbocycles. The van der Waals surface area contributed by atoms with E-state index in [4.69, 9.17) is 9.47 Å². The smallest absolute Gasteiger partial charge is 0.293 e. The average molecular weight is 400 g/mol. The molecule has 0 fully saturated rings. The van der Waals surface area contributed by atoms with Crippen LogP contribution in [0.2, 0.25) is 0 Å². The fourth-order valence-electron chi connectivity index (χ4n) is 3.39. The second-order valence-corrected chi connectivity index (χ2v) is 6.54. The van der Waals surface area contributed by atoms with Crippen molar-refractivity contribution in [3.05, 3.63) is 67.3 Å². The normalized spacial score (nSPS) is 11.0. The number of tetrazole rings is 1.